The first-order chi connectivity index (χ1) is 9.02. The van der Waals surface area contributed by atoms with E-state index >= 15 is 0 Å². The van der Waals surface area contributed by atoms with E-state index in [1.807, 2.05) is 0 Å². The molecule has 0 fully saturated rings. The zero-order valence-electron chi connectivity index (χ0n) is 9.09. The zero-order chi connectivity index (χ0) is 14.0. The number of carbonyl (C=O) groups is 1. The molecule has 0 aromatic carbocycles. The molecule has 19 heavy (non-hydrogen) atoms. The SMILES string of the molecule is N#Cc1ncn(-c2cc(C(=O)O)c([N+](=O)[O-])cn2)n1. The second kappa shape index (κ2) is 4.49. The van der Waals surface area contributed by atoms with Crippen molar-refractivity contribution in [2.75, 3.05) is 0 Å². The van der Waals surface area contributed by atoms with Gasteiger partial charge in [0.2, 0.25) is 0 Å². The molecule has 0 aliphatic rings. The van der Waals surface area contributed by atoms with Gasteiger partial charge in [0.1, 0.15) is 24.2 Å². The third-order valence-corrected chi connectivity index (χ3v) is 2.12. The van der Waals surface area contributed by atoms with E-state index in [9.17, 15) is 14.9 Å². The number of hydrogen-bond acceptors (Lipinski definition) is 7. The number of rotatable bonds is 3. The molecule has 2 rings (SSSR count). The molecule has 0 spiro atoms. The van der Waals surface area contributed by atoms with Gasteiger partial charge in [0, 0.05) is 6.07 Å². The standard InChI is InChI=1S/C9H4N6O4/c10-2-7-12-4-14(13-7)8-1-5(9(16)17)6(3-11-8)15(18)19/h1,3-4H,(H,16,17). The van der Waals surface area contributed by atoms with E-state index in [2.05, 4.69) is 15.1 Å². The summed E-state index contributed by atoms with van der Waals surface area (Å²) in [5, 5.41) is 31.8. The molecule has 2 aromatic heterocycles. The van der Waals surface area contributed by atoms with Gasteiger partial charge in [-0.3, -0.25) is 10.1 Å². The summed E-state index contributed by atoms with van der Waals surface area (Å²) >= 11 is 0. The van der Waals surface area contributed by atoms with Crippen LogP contribution in [0, 0.1) is 21.4 Å². The fourth-order valence-electron chi connectivity index (χ4n) is 1.30. The number of aromatic carboxylic acids is 1. The quantitative estimate of drug-likeness (QED) is 0.605. The predicted octanol–water partition coefficient (Wildman–Crippen LogP) is 0.140. The Morgan fingerprint density at radius 1 is 1.53 bits per heavy atom. The minimum absolute atomic E-state index is 0.0111. The number of nitro groups is 1. The second-order valence-electron chi connectivity index (χ2n) is 3.25. The first-order valence-electron chi connectivity index (χ1n) is 4.73. The Morgan fingerprint density at radius 2 is 2.26 bits per heavy atom. The topological polar surface area (TPSA) is 148 Å². The summed E-state index contributed by atoms with van der Waals surface area (Å²) in [5.74, 6) is -1.58. The van der Waals surface area contributed by atoms with Gasteiger partial charge in [0.15, 0.2) is 5.82 Å². The maximum Gasteiger partial charge on any atom is 0.342 e. The molecule has 0 saturated carbocycles. The summed E-state index contributed by atoms with van der Waals surface area (Å²) in [6, 6.07) is 2.67. The summed E-state index contributed by atoms with van der Waals surface area (Å²) < 4.78 is 1.05. The molecular weight excluding hydrogens is 256 g/mol. The highest BCUT2D eigenvalue weighted by atomic mass is 16.6. The van der Waals surface area contributed by atoms with Gasteiger partial charge in [-0.25, -0.2) is 19.4 Å². The molecule has 0 amide bonds. The summed E-state index contributed by atoms with van der Waals surface area (Å²) in [6.45, 7) is 0. The Morgan fingerprint density at radius 3 is 2.79 bits per heavy atom. The molecule has 0 aliphatic heterocycles. The van der Waals surface area contributed by atoms with Crippen LogP contribution >= 0.6 is 0 Å². The number of nitriles is 1. The van der Waals surface area contributed by atoms with E-state index in [0.717, 1.165) is 23.3 Å². The number of aromatic nitrogens is 4. The van der Waals surface area contributed by atoms with E-state index in [0.29, 0.717) is 0 Å². The van der Waals surface area contributed by atoms with Crippen molar-refractivity contribution in [2.24, 2.45) is 0 Å². The molecule has 0 radical (unpaired) electrons. The Balaban J connectivity index is 2.55. The highest BCUT2D eigenvalue weighted by molar-refractivity contribution is 5.92. The molecule has 0 unspecified atom stereocenters. The van der Waals surface area contributed by atoms with E-state index in [1.54, 1.807) is 6.07 Å². The maximum absolute atomic E-state index is 10.9. The van der Waals surface area contributed by atoms with Gasteiger partial charge >= 0.3 is 11.7 Å². The Hall–Kier alpha value is -3.35. The first-order valence-corrected chi connectivity index (χ1v) is 4.73. The van der Waals surface area contributed by atoms with Crippen molar-refractivity contribution in [3.63, 3.8) is 0 Å². The molecule has 2 aromatic rings. The minimum Gasteiger partial charge on any atom is -0.477 e. The van der Waals surface area contributed by atoms with E-state index < -0.39 is 22.1 Å². The van der Waals surface area contributed by atoms with Crippen LogP contribution in [0.3, 0.4) is 0 Å². The fraction of sp³-hybridized carbons (Fsp3) is 0. The van der Waals surface area contributed by atoms with Gasteiger partial charge in [0.05, 0.1) is 4.92 Å². The molecule has 0 bridgehead atoms. The lowest BCUT2D eigenvalue weighted by molar-refractivity contribution is -0.385. The molecule has 0 atom stereocenters. The Bertz CT molecular complexity index is 716. The summed E-state index contributed by atoms with van der Waals surface area (Å²) in [7, 11) is 0. The van der Waals surface area contributed by atoms with E-state index in [-0.39, 0.29) is 11.6 Å². The van der Waals surface area contributed by atoms with Crippen LogP contribution in [0.2, 0.25) is 0 Å². The number of nitrogens with zero attached hydrogens (tertiary/aromatic N) is 6. The molecule has 94 valence electrons. The van der Waals surface area contributed by atoms with Gasteiger partial charge in [-0.05, 0) is 0 Å². The van der Waals surface area contributed by atoms with Crippen molar-refractivity contribution in [1.82, 2.24) is 19.7 Å². The van der Waals surface area contributed by atoms with Gasteiger partial charge in [0.25, 0.3) is 5.82 Å². The largest absolute Gasteiger partial charge is 0.477 e. The third-order valence-electron chi connectivity index (χ3n) is 2.12. The van der Waals surface area contributed by atoms with Crippen LogP contribution < -0.4 is 0 Å². The van der Waals surface area contributed by atoms with Crippen LogP contribution in [-0.4, -0.2) is 35.7 Å². The highest BCUT2D eigenvalue weighted by Crippen LogP contribution is 2.19. The highest BCUT2D eigenvalue weighted by Gasteiger charge is 2.21. The molecule has 0 aliphatic carbocycles. The first kappa shape index (κ1) is 12.1. The number of pyridine rings is 1. The maximum atomic E-state index is 10.9. The Kier molecular flexibility index (Phi) is 2.86. The molecule has 1 N–H and O–H groups in total. The zero-order valence-corrected chi connectivity index (χ0v) is 9.09. The molecule has 10 heteroatoms. The lowest BCUT2D eigenvalue weighted by Gasteiger charge is -2.01. The summed E-state index contributed by atoms with van der Waals surface area (Å²) in [4.78, 5) is 28.1. The molecular formula is C9H4N6O4. The summed E-state index contributed by atoms with van der Waals surface area (Å²) in [6.07, 6.45) is 1.96. The Labute approximate surface area is 104 Å². The molecule has 10 nitrogen and oxygen atoms in total. The lowest BCUT2D eigenvalue weighted by Crippen LogP contribution is -2.07. The summed E-state index contributed by atoms with van der Waals surface area (Å²) in [5.41, 5.74) is -1.15. The van der Waals surface area contributed by atoms with Crippen molar-refractivity contribution in [1.29, 1.82) is 5.26 Å². The van der Waals surface area contributed by atoms with E-state index in [1.165, 1.54) is 0 Å². The number of hydrogen-bond donors (Lipinski definition) is 1. The van der Waals surface area contributed by atoms with Crippen LogP contribution in [0.1, 0.15) is 16.2 Å². The van der Waals surface area contributed by atoms with Crippen LogP contribution in [0.4, 0.5) is 5.69 Å². The van der Waals surface area contributed by atoms with Crippen molar-refractivity contribution < 1.29 is 14.8 Å². The average Bonchev–Trinajstić information content (AvgIpc) is 2.86. The van der Waals surface area contributed by atoms with Crippen molar-refractivity contribution >= 4 is 11.7 Å². The van der Waals surface area contributed by atoms with Crippen molar-refractivity contribution in [3.8, 4) is 11.9 Å². The van der Waals surface area contributed by atoms with Crippen LogP contribution in [0.15, 0.2) is 18.6 Å². The normalized spacial score (nSPS) is 9.84. The van der Waals surface area contributed by atoms with Crippen LogP contribution in [-0.2, 0) is 0 Å². The van der Waals surface area contributed by atoms with Crippen LogP contribution in [0.5, 0.6) is 0 Å². The second-order valence-corrected chi connectivity index (χ2v) is 3.25. The average molecular weight is 260 g/mol. The van der Waals surface area contributed by atoms with Gasteiger partial charge in [-0.2, -0.15) is 5.26 Å². The van der Waals surface area contributed by atoms with Crippen molar-refractivity contribution in [3.05, 3.63) is 40.1 Å². The fourth-order valence-corrected chi connectivity index (χ4v) is 1.30. The third kappa shape index (κ3) is 2.20. The van der Waals surface area contributed by atoms with Gasteiger partial charge in [-0.1, -0.05) is 0 Å². The molecule has 2 heterocycles. The predicted molar refractivity (Wildman–Crippen MR) is 57.5 cm³/mol. The monoisotopic (exact) mass is 260 g/mol. The lowest BCUT2D eigenvalue weighted by atomic mass is 10.2. The smallest absolute Gasteiger partial charge is 0.342 e. The van der Waals surface area contributed by atoms with Crippen LogP contribution in [0.25, 0.3) is 5.82 Å². The van der Waals surface area contributed by atoms with Gasteiger partial charge in [-0.15, -0.1) is 5.10 Å². The number of carboxylic acid groups (broad SMARTS) is 1. The minimum atomic E-state index is -1.46. The van der Waals surface area contributed by atoms with E-state index in [4.69, 9.17) is 10.4 Å². The molecule has 0 saturated heterocycles. The van der Waals surface area contributed by atoms with Gasteiger partial charge < -0.3 is 5.11 Å². The number of carboxylic acids is 1. The van der Waals surface area contributed by atoms with Crippen molar-refractivity contribution in [2.45, 2.75) is 0 Å².